The first kappa shape index (κ1) is 14.8. The van der Waals surface area contributed by atoms with E-state index in [2.05, 4.69) is 13.8 Å². The lowest BCUT2D eigenvalue weighted by molar-refractivity contribution is -0.134. The Morgan fingerprint density at radius 2 is 1.89 bits per heavy atom. The molecule has 2 rings (SSSR count). The van der Waals surface area contributed by atoms with Crippen molar-refractivity contribution in [1.82, 2.24) is 4.90 Å². The van der Waals surface area contributed by atoms with E-state index in [1.807, 2.05) is 4.90 Å². The lowest BCUT2D eigenvalue weighted by Gasteiger charge is -2.34. The summed E-state index contributed by atoms with van der Waals surface area (Å²) in [6, 6.07) is 0.134. The molecule has 0 aromatic heterocycles. The van der Waals surface area contributed by atoms with Crippen LogP contribution in [0.2, 0.25) is 0 Å². The van der Waals surface area contributed by atoms with Crippen molar-refractivity contribution in [2.45, 2.75) is 83.2 Å². The van der Waals surface area contributed by atoms with Gasteiger partial charge in [0, 0.05) is 19.0 Å². The minimum atomic E-state index is -0.151. The molecule has 1 unspecified atom stereocenters. The van der Waals surface area contributed by atoms with Gasteiger partial charge in [-0.3, -0.25) is 4.79 Å². The van der Waals surface area contributed by atoms with Crippen molar-refractivity contribution in [2.75, 3.05) is 6.54 Å². The summed E-state index contributed by atoms with van der Waals surface area (Å²) >= 11 is 0. The lowest BCUT2D eigenvalue weighted by atomic mass is 9.85. The Morgan fingerprint density at radius 1 is 1.21 bits per heavy atom. The first-order valence-corrected chi connectivity index (χ1v) is 8.08. The van der Waals surface area contributed by atoms with E-state index < -0.39 is 0 Å². The van der Waals surface area contributed by atoms with E-state index in [1.165, 1.54) is 38.5 Å². The SMILES string of the molecule is CC1(C)C(N)CCN1C(=O)CCCC1CCCCC1. The number of hydrogen-bond donors (Lipinski definition) is 1. The van der Waals surface area contributed by atoms with Crippen LogP contribution in [0.25, 0.3) is 0 Å². The molecule has 3 heteroatoms. The van der Waals surface area contributed by atoms with E-state index in [-0.39, 0.29) is 11.6 Å². The third-order valence-corrected chi connectivity index (χ3v) is 5.30. The largest absolute Gasteiger partial charge is 0.336 e. The highest BCUT2D eigenvalue weighted by atomic mass is 16.2. The molecule has 3 nitrogen and oxygen atoms in total. The maximum atomic E-state index is 12.3. The van der Waals surface area contributed by atoms with E-state index in [0.29, 0.717) is 12.3 Å². The topological polar surface area (TPSA) is 46.3 Å². The lowest BCUT2D eigenvalue weighted by Crippen LogP contribution is -2.51. The molecule has 0 aromatic rings. The zero-order chi connectivity index (χ0) is 13.9. The quantitative estimate of drug-likeness (QED) is 0.850. The zero-order valence-corrected chi connectivity index (χ0v) is 12.7. The maximum absolute atomic E-state index is 12.3. The van der Waals surface area contributed by atoms with Crippen LogP contribution in [0.1, 0.15) is 71.6 Å². The van der Waals surface area contributed by atoms with E-state index in [1.54, 1.807) is 0 Å². The number of hydrogen-bond acceptors (Lipinski definition) is 2. The number of likely N-dealkylation sites (tertiary alicyclic amines) is 1. The van der Waals surface area contributed by atoms with Crippen LogP contribution in [0.4, 0.5) is 0 Å². The van der Waals surface area contributed by atoms with Gasteiger partial charge in [-0.15, -0.1) is 0 Å². The number of nitrogens with zero attached hydrogens (tertiary/aromatic N) is 1. The fourth-order valence-corrected chi connectivity index (χ4v) is 3.71. The molecule has 0 aromatic carbocycles. The molecule has 1 aliphatic heterocycles. The van der Waals surface area contributed by atoms with Gasteiger partial charge in [-0.1, -0.05) is 32.1 Å². The summed E-state index contributed by atoms with van der Waals surface area (Å²) in [4.78, 5) is 14.3. The summed E-state index contributed by atoms with van der Waals surface area (Å²) in [6.45, 7) is 5.05. The third-order valence-electron chi connectivity index (χ3n) is 5.30. The van der Waals surface area contributed by atoms with Crippen molar-refractivity contribution in [2.24, 2.45) is 11.7 Å². The molecule has 110 valence electrons. The summed E-state index contributed by atoms with van der Waals surface area (Å²) in [5.74, 6) is 1.20. The van der Waals surface area contributed by atoms with Crippen molar-refractivity contribution in [3.63, 3.8) is 0 Å². The van der Waals surface area contributed by atoms with Gasteiger partial charge in [0.15, 0.2) is 0 Å². The fourth-order valence-electron chi connectivity index (χ4n) is 3.71. The summed E-state index contributed by atoms with van der Waals surface area (Å²) in [5, 5.41) is 0. The molecule has 0 bridgehead atoms. The first-order valence-electron chi connectivity index (χ1n) is 8.08. The molecule has 1 saturated carbocycles. The van der Waals surface area contributed by atoms with Crippen molar-refractivity contribution < 1.29 is 4.79 Å². The Kier molecular flexibility index (Phi) is 4.88. The minimum absolute atomic E-state index is 0.134. The Labute approximate surface area is 117 Å². The van der Waals surface area contributed by atoms with Crippen molar-refractivity contribution in [3.05, 3.63) is 0 Å². The van der Waals surface area contributed by atoms with Crippen LogP contribution in [0.15, 0.2) is 0 Å². The van der Waals surface area contributed by atoms with E-state index in [9.17, 15) is 4.79 Å². The van der Waals surface area contributed by atoms with Crippen LogP contribution in [0, 0.1) is 5.92 Å². The van der Waals surface area contributed by atoms with Crippen molar-refractivity contribution in [3.8, 4) is 0 Å². The molecule has 2 fully saturated rings. The van der Waals surface area contributed by atoms with Crippen LogP contribution in [0.3, 0.4) is 0 Å². The highest BCUT2D eigenvalue weighted by Gasteiger charge is 2.41. The minimum Gasteiger partial charge on any atom is -0.336 e. The van der Waals surface area contributed by atoms with Crippen LogP contribution < -0.4 is 5.73 Å². The van der Waals surface area contributed by atoms with Gasteiger partial charge in [0.2, 0.25) is 5.91 Å². The van der Waals surface area contributed by atoms with Gasteiger partial charge in [0.05, 0.1) is 5.54 Å². The predicted octanol–water partition coefficient (Wildman–Crippen LogP) is 3.08. The number of rotatable bonds is 4. The van der Waals surface area contributed by atoms with Gasteiger partial charge < -0.3 is 10.6 Å². The summed E-state index contributed by atoms with van der Waals surface area (Å²) in [7, 11) is 0. The highest BCUT2D eigenvalue weighted by molar-refractivity contribution is 5.77. The van der Waals surface area contributed by atoms with Crippen LogP contribution in [-0.2, 0) is 4.79 Å². The average molecular weight is 266 g/mol. The standard InChI is InChI=1S/C16H30N2O/c1-16(2)14(17)11-12-18(16)15(19)10-6-9-13-7-4-3-5-8-13/h13-14H,3-12,17H2,1-2H3. The van der Waals surface area contributed by atoms with Gasteiger partial charge in [-0.05, 0) is 39.0 Å². The molecule has 0 radical (unpaired) electrons. The third kappa shape index (κ3) is 3.50. The molecule has 2 aliphatic rings. The second kappa shape index (κ2) is 6.25. The van der Waals surface area contributed by atoms with Crippen molar-refractivity contribution >= 4 is 5.91 Å². The summed E-state index contributed by atoms with van der Waals surface area (Å²) < 4.78 is 0. The van der Waals surface area contributed by atoms with Crippen molar-refractivity contribution in [1.29, 1.82) is 0 Å². The summed E-state index contributed by atoms with van der Waals surface area (Å²) in [5.41, 5.74) is 5.94. The Morgan fingerprint density at radius 3 is 2.47 bits per heavy atom. The van der Waals surface area contributed by atoms with Gasteiger partial charge in [-0.25, -0.2) is 0 Å². The molecule has 1 amide bonds. The molecular weight excluding hydrogens is 236 g/mol. The van der Waals surface area contributed by atoms with E-state index >= 15 is 0 Å². The number of amides is 1. The first-order chi connectivity index (χ1) is 9.01. The molecule has 1 atom stereocenters. The normalized spacial score (nSPS) is 27.7. The van der Waals surface area contributed by atoms with E-state index in [4.69, 9.17) is 5.73 Å². The van der Waals surface area contributed by atoms with Gasteiger partial charge in [-0.2, -0.15) is 0 Å². The molecule has 1 saturated heterocycles. The van der Waals surface area contributed by atoms with Crippen LogP contribution in [0.5, 0.6) is 0 Å². The highest BCUT2D eigenvalue weighted by Crippen LogP contribution is 2.30. The number of nitrogens with two attached hydrogens (primary N) is 1. The molecule has 0 spiro atoms. The fraction of sp³-hybridized carbons (Fsp3) is 0.938. The number of carbonyl (C=O) groups excluding carboxylic acids is 1. The second-order valence-corrected chi connectivity index (χ2v) is 6.99. The average Bonchev–Trinajstić information content (AvgIpc) is 2.65. The van der Waals surface area contributed by atoms with Gasteiger partial charge in [0.25, 0.3) is 0 Å². The smallest absolute Gasteiger partial charge is 0.223 e. The molecule has 2 N–H and O–H groups in total. The monoisotopic (exact) mass is 266 g/mol. The zero-order valence-electron chi connectivity index (χ0n) is 12.7. The molecular formula is C16H30N2O. The Hall–Kier alpha value is -0.570. The molecule has 19 heavy (non-hydrogen) atoms. The van der Waals surface area contributed by atoms with Crippen LogP contribution in [-0.4, -0.2) is 28.9 Å². The predicted molar refractivity (Wildman–Crippen MR) is 78.8 cm³/mol. The van der Waals surface area contributed by atoms with Crippen LogP contribution >= 0.6 is 0 Å². The second-order valence-electron chi connectivity index (χ2n) is 6.99. The van der Waals surface area contributed by atoms with Gasteiger partial charge >= 0.3 is 0 Å². The molecule has 1 aliphatic carbocycles. The maximum Gasteiger partial charge on any atom is 0.223 e. The number of carbonyl (C=O) groups is 1. The van der Waals surface area contributed by atoms with E-state index in [0.717, 1.165) is 25.3 Å². The Bertz CT molecular complexity index is 308. The Balaban J connectivity index is 1.72. The van der Waals surface area contributed by atoms with Gasteiger partial charge in [0.1, 0.15) is 0 Å². The summed E-state index contributed by atoms with van der Waals surface area (Å²) in [6.07, 6.45) is 10.9. The molecule has 1 heterocycles.